The fourth-order valence-corrected chi connectivity index (χ4v) is 1.38. The molecule has 14 heavy (non-hydrogen) atoms. The summed E-state index contributed by atoms with van der Waals surface area (Å²) >= 11 is 0. The summed E-state index contributed by atoms with van der Waals surface area (Å²) in [4.78, 5) is 22.3. The van der Waals surface area contributed by atoms with Crippen LogP contribution < -0.4 is 5.32 Å². The maximum absolute atomic E-state index is 11.3. The summed E-state index contributed by atoms with van der Waals surface area (Å²) in [6, 6.07) is -0.0308. The first kappa shape index (κ1) is 11.0. The van der Waals surface area contributed by atoms with Gasteiger partial charge in [0.15, 0.2) is 0 Å². The Morgan fingerprint density at radius 1 is 1.50 bits per heavy atom. The number of ether oxygens (including phenoxy) is 1. The van der Waals surface area contributed by atoms with Gasteiger partial charge in [-0.3, -0.25) is 9.59 Å². The van der Waals surface area contributed by atoms with Crippen molar-refractivity contribution in [3.63, 3.8) is 0 Å². The summed E-state index contributed by atoms with van der Waals surface area (Å²) in [5.74, 6) is 0.0185. The van der Waals surface area contributed by atoms with Crippen LogP contribution >= 0.6 is 0 Å². The van der Waals surface area contributed by atoms with Gasteiger partial charge in [-0.1, -0.05) is 20.3 Å². The zero-order chi connectivity index (χ0) is 10.6. The van der Waals surface area contributed by atoms with Crippen molar-refractivity contribution < 1.29 is 14.3 Å². The van der Waals surface area contributed by atoms with Crippen LogP contribution in [-0.4, -0.2) is 24.5 Å². The van der Waals surface area contributed by atoms with E-state index in [1.165, 1.54) is 0 Å². The van der Waals surface area contributed by atoms with E-state index in [1.54, 1.807) is 0 Å². The van der Waals surface area contributed by atoms with E-state index in [2.05, 4.69) is 12.2 Å². The van der Waals surface area contributed by atoms with Crippen molar-refractivity contribution in [1.82, 2.24) is 5.32 Å². The van der Waals surface area contributed by atoms with Gasteiger partial charge in [-0.25, -0.2) is 0 Å². The molecule has 1 amide bonds. The zero-order valence-corrected chi connectivity index (χ0v) is 8.71. The minimum absolute atomic E-state index is 0.0308. The zero-order valence-electron chi connectivity index (χ0n) is 8.71. The maximum atomic E-state index is 11.3. The molecule has 4 heteroatoms. The molecule has 1 aliphatic heterocycles. The van der Waals surface area contributed by atoms with Crippen LogP contribution in [0.4, 0.5) is 0 Å². The highest BCUT2D eigenvalue weighted by atomic mass is 16.5. The highest BCUT2D eigenvalue weighted by molar-refractivity contribution is 5.82. The molecular weight excluding hydrogens is 182 g/mol. The summed E-state index contributed by atoms with van der Waals surface area (Å²) in [7, 11) is 0. The normalized spacial score (nSPS) is 25.7. The molecule has 0 aromatic rings. The number of hydrogen-bond donors (Lipinski definition) is 1. The van der Waals surface area contributed by atoms with Gasteiger partial charge in [-0.2, -0.15) is 0 Å². The number of rotatable bonds is 2. The Labute approximate surface area is 84.0 Å². The first-order valence-corrected chi connectivity index (χ1v) is 5.08. The van der Waals surface area contributed by atoms with Crippen LogP contribution in [0.15, 0.2) is 0 Å². The second kappa shape index (κ2) is 4.98. The molecule has 1 fully saturated rings. The van der Waals surface area contributed by atoms with Crippen LogP contribution in [0.25, 0.3) is 0 Å². The van der Waals surface area contributed by atoms with Crippen molar-refractivity contribution in [1.29, 1.82) is 0 Å². The number of cyclic esters (lactones) is 1. The summed E-state index contributed by atoms with van der Waals surface area (Å²) in [6.07, 6.45) is 1.40. The molecular formula is C10H17NO3. The van der Waals surface area contributed by atoms with Crippen molar-refractivity contribution in [3.05, 3.63) is 0 Å². The monoisotopic (exact) mass is 199 g/mol. The van der Waals surface area contributed by atoms with Gasteiger partial charge in [0.05, 0.1) is 12.5 Å². The largest absolute Gasteiger partial charge is 0.463 e. The summed E-state index contributed by atoms with van der Waals surface area (Å²) in [5.41, 5.74) is 0. The van der Waals surface area contributed by atoms with E-state index in [1.807, 2.05) is 6.92 Å². The Morgan fingerprint density at radius 2 is 2.21 bits per heavy atom. The van der Waals surface area contributed by atoms with Crippen LogP contribution in [0.5, 0.6) is 0 Å². The molecule has 1 N–H and O–H groups in total. The van der Waals surface area contributed by atoms with E-state index in [-0.39, 0.29) is 30.8 Å². The van der Waals surface area contributed by atoms with Crippen LogP contribution in [0.2, 0.25) is 0 Å². The Morgan fingerprint density at radius 3 is 2.86 bits per heavy atom. The van der Waals surface area contributed by atoms with Crippen LogP contribution in [0.3, 0.4) is 0 Å². The fraction of sp³-hybridized carbons (Fsp3) is 0.800. The molecule has 0 aromatic heterocycles. The molecule has 1 heterocycles. The van der Waals surface area contributed by atoms with Crippen molar-refractivity contribution >= 4 is 11.9 Å². The molecule has 80 valence electrons. The van der Waals surface area contributed by atoms with Crippen molar-refractivity contribution in [2.75, 3.05) is 6.61 Å². The topological polar surface area (TPSA) is 55.4 Å². The lowest BCUT2D eigenvalue weighted by atomic mass is 9.99. The van der Waals surface area contributed by atoms with Crippen molar-refractivity contribution in [2.45, 2.75) is 39.2 Å². The average molecular weight is 199 g/mol. The lowest BCUT2D eigenvalue weighted by molar-refractivity contribution is -0.148. The number of amides is 1. The second-order valence-corrected chi connectivity index (χ2v) is 3.74. The van der Waals surface area contributed by atoms with E-state index in [0.29, 0.717) is 12.5 Å². The Bertz CT molecular complexity index is 227. The van der Waals surface area contributed by atoms with E-state index in [0.717, 1.165) is 6.42 Å². The van der Waals surface area contributed by atoms with Crippen molar-refractivity contribution in [3.8, 4) is 0 Å². The third-order valence-corrected chi connectivity index (χ3v) is 2.66. The molecule has 0 saturated carbocycles. The van der Waals surface area contributed by atoms with Gasteiger partial charge in [0, 0.05) is 6.42 Å². The van der Waals surface area contributed by atoms with Crippen LogP contribution in [0, 0.1) is 5.92 Å². The third-order valence-electron chi connectivity index (χ3n) is 2.66. The highest BCUT2D eigenvalue weighted by Crippen LogP contribution is 2.11. The predicted molar refractivity (Wildman–Crippen MR) is 51.6 cm³/mol. The van der Waals surface area contributed by atoms with E-state index in [4.69, 9.17) is 4.74 Å². The number of hydrogen-bond acceptors (Lipinski definition) is 3. The molecule has 0 radical (unpaired) electrons. The lowest BCUT2D eigenvalue weighted by Crippen LogP contribution is -2.44. The summed E-state index contributed by atoms with van der Waals surface area (Å²) in [5, 5.41) is 2.87. The SMILES string of the molecule is CCC(C)C1COC(=O)CCC(=O)N1. The van der Waals surface area contributed by atoms with Crippen LogP contribution in [-0.2, 0) is 14.3 Å². The average Bonchev–Trinajstić information content (AvgIpc) is 2.17. The van der Waals surface area contributed by atoms with E-state index in [9.17, 15) is 9.59 Å². The molecule has 2 atom stereocenters. The molecule has 0 aliphatic carbocycles. The molecule has 0 spiro atoms. The molecule has 0 aromatic carbocycles. The first-order chi connectivity index (χ1) is 6.63. The quantitative estimate of drug-likeness (QED) is 0.671. The number of esters is 1. The Hall–Kier alpha value is -1.06. The number of carbonyl (C=O) groups excluding carboxylic acids is 2. The molecule has 2 unspecified atom stereocenters. The predicted octanol–water partition coefficient (Wildman–Crippen LogP) is 0.854. The number of nitrogens with one attached hydrogen (secondary N) is 1. The van der Waals surface area contributed by atoms with Gasteiger partial charge >= 0.3 is 5.97 Å². The Kier molecular flexibility index (Phi) is 3.92. The van der Waals surface area contributed by atoms with Gasteiger partial charge in [0.25, 0.3) is 0 Å². The van der Waals surface area contributed by atoms with Crippen LogP contribution in [0.1, 0.15) is 33.1 Å². The summed E-state index contributed by atoms with van der Waals surface area (Å²) in [6.45, 7) is 4.40. The molecule has 1 saturated heterocycles. The smallest absolute Gasteiger partial charge is 0.306 e. The minimum Gasteiger partial charge on any atom is -0.463 e. The molecule has 1 aliphatic rings. The Balaban J connectivity index is 2.56. The highest BCUT2D eigenvalue weighted by Gasteiger charge is 2.23. The maximum Gasteiger partial charge on any atom is 0.306 e. The summed E-state index contributed by atoms with van der Waals surface area (Å²) < 4.78 is 5.01. The standard InChI is InChI=1S/C10H17NO3/c1-3-7(2)8-6-14-10(13)5-4-9(12)11-8/h7-8H,3-6H2,1-2H3,(H,11,12). The van der Waals surface area contributed by atoms with E-state index < -0.39 is 0 Å². The van der Waals surface area contributed by atoms with Gasteiger partial charge in [-0.05, 0) is 5.92 Å². The second-order valence-electron chi connectivity index (χ2n) is 3.74. The number of carbonyl (C=O) groups is 2. The molecule has 0 bridgehead atoms. The molecule has 1 rings (SSSR count). The van der Waals surface area contributed by atoms with Gasteiger partial charge in [0.1, 0.15) is 6.61 Å². The lowest BCUT2D eigenvalue weighted by Gasteiger charge is -2.25. The van der Waals surface area contributed by atoms with Gasteiger partial charge in [0.2, 0.25) is 5.91 Å². The van der Waals surface area contributed by atoms with Gasteiger partial charge < -0.3 is 10.1 Å². The fourth-order valence-electron chi connectivity index (χ4n) is 1.38. The minimum atomic E-state index is -0.270. The third kappa shape index (κ3) is 3.01. The van der Waals surface area contributed by atoms with Gasteiger partial charge in [-0.15, -0.1) is 0 Å². The first-order valence-electron chi connectivity index (χ1n) is 5.08. The molecule has 4 nitrogen and oxygen atoms in total. The van der Waals surface area contributed by atoms with E-state index >= 15 is 0 Å². The van der Waals surface area contributed by atoms with Crippen molar-refractivity contribution in [2.24, 2.45) is 5.92 Å².